The lowest BCUT2D eigenvalue weighted by molar-refractivity contribution is -0.379. The number of allylic oxidation sites excluding steroid dienone is 17. The van der Waals surface area contributed by atoms with E-state index in [2.05, 4.69) is 116 Å². The zero-order chi connectivity index (χ0) is 73.9. The van der Waals surface area contributed by atoms with Crippen molar-refractivity contribution in [2.24, 2.45) is 0 Å². The third-order valence-corrected chi connectivity index (χ3v) is 19.3. The topological polar surface area (TPSA) is 307 Å². The van der Waals surface area contributed by atoms with Gasteiger partial charge in [0.25, 0.3) is 0 Å². The molecule has 0 aromatic carbocycles. The van der Waals surface area contributed by atoms with Crippen molar-refractivity contribution < 1.29 is 89.4 Å². The molecule has 3 fully saturated rings. The van der Waals surface area contributed by atoms with Gasteiger partial charge in [-0.05, 0) is 83.5 Å². The van der Waals surface area contributed by atoms with Crippen molar-refractivity contribution >= 4 is 5.91 Å². The van der Waals surface area contributed by atoms with Crippen molar-refractivity contribution in [3.63, 3.8) is 0 Å². The monoisotopic (exact) mass is 1440 g/mol. The highest BCUT2D eigenvalue weighted by atomic mass is 16.8. The molecule has 0 aliphatic carbocycles. The van der Waals surface area contributed by atoms with Gasteiger partial charge in [0.2, 0.25) is 5.91 Å². The molecule has 588 valence electrons. The highest BCUT2D eigenvalue weighted by molar-refractivity contribution is 5.76. The van der Waals surface area contributed by atoms with Gasteiger partial charge in [-0.2, -0.15) is 0 Å². The third-order valence-electron chi connectivity index (χ3n) is 19.3. The van der Waals surface area contributed by atoms with Crippen molar-refractivity contribution in [2.45, 2.75) is 381 Å². The first-order chi connectivity index (χ1) is 49.8. The molecule has 19 nitrogen and oxygen atoms in total. The molecule has 3 saturated heterocycles. The third kappa shape index (κ3) is 42.1. The maximum absolute atomic E-state index is 13.5. The van der Waals surface area contributed by atoms with Gasteiger partial charge in [-0.15, -0.1) is 0 Å². The fraction of sp³-hybridized carbons (Fsp3) is 0.771. The molecule has 0 aromatic rings. The first kappa shape index (κ1) is 92.7. The van der Waals surface area contributed by atoms with Crippen LogP contribution >= 0.6 is 0 Å². The molecule has 102 heavy (non-hydrogen) atoms. The summed E-state index contributed by atoms with van der Waals surface area (Å²) in [6.45, 7) is 1.64. The smallest absolute Gasteiger partial charge is 0.220 e. The number of carbonyl (C=O) groups excluding carboxylic acids is 1. The standard InChI is InChI=1S/C83H143NO18/c1-3-5-7-9-11-13-15-17-19-21-23-25-26-27-28-29-30-31-32-33-34-35-36-37-38-39-40-41-43-45-47-49-51-53-55-57-59-61-71(89)84-66(67(88)60-58-56-54-52-50-48-46-44-42-24-22-20-18-16-14-12-10-8-6-4-2)65-97-81-77(95)74(92)79(69(63-86)99-81)102-83-78(96)75(93)80(70(64-87)100-83)101-82-76(94)73(91)72(90)68(62-85)98-82/h5,7,11,13,17,19,23,25,27-28,30-31,33-34,36-37,58,60,66-70,72-83,85-88,90-96H,3-4,6,8-10,12,14-16,18,20-22,24,26,29,32,35,38-57,59,61-65H2,1-2H3,(H,84,89)/b7-5-,13-11-,19-17-,25-23-,28-27-,31-30-,34-33-,37-36-,60-58+. The highest BCUT2D eigenvalue weighted by Crippen LogP contribution is 2.33. The van der Waals surface area contributed by atoms with Gasteiger partial charge in [0.05, 0.1) is 38.6 Å². The van der Waals surface area contributed by atoms with E-state index < -0.39 is 124 Å². The largest absolute Gasteiger partial charge is 0.394 e. The number of amides is 1. The van der Waals surface area contributed by atoms with E-state index in [1.165, 1.54) is 141 Å². The minimum Gasteiger partial charge on any atom is -0.394 e. The van der Waals surface area contributed by atoms with Crippen LogP contribution in [-0.4, -0.2) is 193 Å². The van der Waals surface area contributed by atoms with Crippen LogP contribution in [0.25, 0.3) is 0 Å². The number of ether oxygens (including phenoxy) is 6. The Balaban J connectivity index is 1.36. The molecule has 3 aliphatic rings. The number of unbranched alkanes of at least 4 members (excludes halogenated alkanes) is 30. The average Bonchev–Trinajstić information content (AvgIpc) is 0.778. The van der Waals surface area contributed by atoms with Gasteiger partial charge in [-0.3, -0.25) is 4.79 Å². The molecule has 3 aliphatic heterocycles. The summed E-state index contributed by atoms with van der Waals surface area (Å²) in [5.41, 5.74) is 0. The Morgan fingerprint density at radius 1 is 0.363 bits per heavy atom. The van der Waals surface area contributed by atoms with Crippen molar-refractivity contribution in [1.29, 1.82) is 0 Å². The van der Waals surface area contributed by atoms with E-state index in [1.54, 1.807) is 6.08 Å². The molecule has 0 bridgehead atoms. The van der Waals surface area contributed by atoms with Crippen LogP contribution in [-0.2, 0) is 33.2 Å². The molecule has 0 aromatic heterocycles. The van der Waals surface area contributed by atoms with Gasteiger partial charge < -0.3 is 89.9 Å². The van der Waals surface area contributed by atoms with E-state index in [-0.39, 0.29) is 18.9 Å². The van der Waals surface area contributed by atoms with Crippen LogP contribution in [0, 0.1) is 0 Å². The van der Waals surface area contributed by atoms with Crippen molar-refractivity contribution in [3.05, 3.63) is 109 Å². The number of hydrogen-bond acceptors (Lipinski definition) is 18. The number of rotatable bonds is 62. The molecule has 1 amide bonds. The number of hydrogen-bond donors (Lipinski definition) is 12. The number of nitrogens with one attached hydrogen (secondary N) is 1. The lowest BCUT2D eigenvalue weighted by Crippen LogP contribution is -2.66. The zero-order valence-electron chi connectivity index (χ0n) is 62.8. The molecule has 0 saturated carbocycles. The summed E-state index contributed by atoms with van der Waals surface area (Å²) in [6.07, 6.45) is 59.2. The second-order valence-electron chi connectivity index (χ2n) is 28.1. The number of aliphatic hydroxyl groups is 11. The lowest BCUT2D eigenvalue weighted by Gasteiger charge is -2.48. The second kappa shape index (κ2) is 62.5. The van der Waals surface area contributed by atoms with Gasteiger partial charge in [0.1, 0.15) is 73.2 Å². The second-order valence-corrected chi connectivity index (χ2v) is 28.1. The van der Waals surface area contributed by atoms with E-state index in [0.29, 0.717) is 6.42 Å². The zero-order valence-corrected chi connectivity index (χ0v) is 62.8. The normalized spacial score (nSPS) is 26.8. The van der Waals surface area contributed by atoms with Crippen LogP contribution in [0.1, 0.15) is 277 Å². The summed E-state index contributed by atoms with van der Waals surface area (Å²) in [7, 11) is 0. The summed E-state index contributed by atoms with van der Waals surface area (Å²) in [5, 5.41) is 121. The maximum atomic E-state index is 13.5. The van der Waals surface area contributed by atoms with Crippen LogP contribution in [0.4, 0.5) is 0 Å². The number of carbonyl (C=O) groups is 1. The Morgan fingerprint density at radius 3 is 1.06 bits per heavy atom. The number of aliphatic hydroxyl groups excluding tert-OH is 11. The lowest BCUT2D eigenvalue weighted by atomic mass is 9.96. The maximum Gasteiger partial charge on any atom is 0.220 e. The molecule has 3 heterocycles. The molecule has 0 spiro atoms. The Hall–Kier alpha value is -3.55. The minimum atomic E-state index is -1.98. The van der Waals surface area contributed by atoms with Crippen molar-refractivity contribution in [2.75, 3.05) is 26.4 Å². The highest BCUT2D eigenvalue weighted by Gasteiger charge is 2.54. The van der Waals surface area contributed by atoms with Gasteiger partial charge in [0, 0.05) is 6.42 Å². The van der Waals surface area contributed by atoms with Crippen LogP contribution in [0.3, 0.4) is 0 Å². The Labute approximate surface area is 615 Å². The van der Waals surface area contributed by atoms with Crippen molar-refractivity contribution in [1.82, 2.24) is 5.32 Å². The first-order valence-electron chi connectivity index (χ1n) is 40.1. The predicted octanol–water partition coefficient (Wildman–Crippen LogP) is 13.3. The summed E-state index contributed by atoms with van der Waals surface area (Å²) in [4.78, 5) is 13.5. The first-order valence-corrected chi connectivity index (χ1v) is 40.1. The van der Waals surface area contributed by atoms with E-state index in [0.717, 1.165) is 109 Å². The fourth-order valence-electron chi connectivity index (χ4n) is 12.9. The van der Waals surface area contributed by atoms with Crippen LogP contribution in [0.5, 0.6) is 0 Å². The van der Waals surface area contributed by atoms with E-state index in [9.17, 15) is 61.0 Å². The van der Waals surface area contributed by atoms with E-state index >= 15 is 0 Å². The average molecular weight is 1440 g/mol. The summed E-state index contributed by atoms with van der Waals surface area (Å²) >= 11 is 0. The van der Waals surface area contributed by atoms with E-state index in [1.807, 2.05) is 6.08 Å². The van der Waals surface area contributed by atoms with E-state index in [4.69, 9.17) is 28.4 Å². The van der Waals surface area contributed by atoms with Crippen molar-refractivity contribution in [3.8, 4) is 0 Å². The summed E-state index contributed by atoms with van der Waals surface area (Å²) < 4.78 is 34.4. The molecule has 17 atom stereocenters. The molecule has 3 rings (SSSR count). The minimum absolute atomic E-state index is 0.235. The Kier molecular flexibility index (Phi) is 56.8. The van der Waals surface area contributed by atoms with Gasteiger partial charge in [-0.1, -0.05) is 297 Å². The van der Waals surface area contributed by atoms with Crippen LogP contribution in [0.2, 0.25) is 0 Å². The molecule has 17 unspecified atom stereocenters. The SMILES string of the molecule is CC/C=C\C/C=C\C/C=C\C/C=C\C/C=C\C/C=C\C/C=C\C/C=C\CCCCCCCCCCCCCCC(=O)NC(COC1OC(CO)C(OC2OC(CO)C(OC3OC(CO)C(O)C(O)C3O)C(O)C2O)C(O)C1O)C(O)/C=C/CCCCCCCCCCCCCCCCCCCC. The molecular formula is C83H143NO18. The molecular weight excluding hydrogens is 1300 g/mol. The fourth-order valence-corrected chi connectivity index (χ4v) is 12.9. The molecule has 0 radical (unpaired) electrons. The van der Waals surface area contributed by atoms with Gasteiger partial charge in [-0.25, -0.2) is 0 Å². The Bertz CT molecular complexity index is 2270. The molecule has 12 N–H and O–H groups in total. The van der Waals surface area contributed by atoms with Gasteiger partial charge in [0.15, 0.2) is 18.9 Å². The van der Waals surface area contributed by atoms with Crippen LogP contribution < -0.4 is 5.32 Å². The predicted molar refractivity (Wildman–Crippen MR) is 406 cm³/mol. The molecule has 19 heteroatoms. The summed E-state index contributed by atoms with van der Waals surface area (Å²) in [5.74, 6) is -0.279. The van der Waals surface area contributed by atoms with Crippen LogP contribution in [0.15, 0.2) is 109 Å². The quantitative estimate of drug-likeness (QED) is 0.0199. The summed E-state index contributed by atoms with van der Waals surface area (Å²) in [6, 6.07) is -0.982. The van der Waals surface area contributed by atoms with Gasteiger partial charge >= 0.3 is 0 Å². The Morgan fingerprint density at radius 2 is 0.676 bits per heavy atom.